The van der Waals surface area contributed by atoms with Crippen molar-refractivity contribution in [3.63, 3.8) is 0 Å². The van der Waals surface area contributed by atoms with Gasteiger partial charge in [-0.1, -0.05) is 24.6 Å². The molecule has 1 N–H and O–H groups in total. The Morgan fingerprint density at radius 3 is 2.33 bits per heavy atom. The van der Waals surface area contributed by atoms with Crippen molar-refractivity contribution in [1.82, 2.24) is 4.72 Å². The highest BCUT2D eigenvalue weighted by Crippen LogP contribution is 2.12. The summed E-state index contributed by atoms with van der Waals surface area (Å²) in [5, 5.41) is 0. The SMILES string of the molecule is CC[C@@H](CC(=O)OC(C)(C)C)NS(=O)c1ccc(C)cc1. The number of hydrogen-bond acceptors (Lipinski definition) is 3. The topological polar surface area (TPSA) is 55.4 Å². The predicted molar refractivity (Wildman–Crippen MR) is 85.3 cm³/mol. The number of ether oxygens (including phenoxy) is 1. The molecule has 0 aromatic heterocycles. The Balaban J connectivity index is 2.59. The number of esters is 1. The highest BCUT2D eigenvalue weighted by Gasteiger charge is 2.21. The summed E-state index contributed by atoms with van der Waals surface area (Å²) in [6.07, 6.45) is 0.919. The van der Waals surface area contributed by atoms with E-state index in [2.05, 4.69) is 4.72 Å². The average Bonchev–Trinajstić information content (AvgIpc) is 2.36. The Labute approximate surface area is 129 Å². The zero-order valence-electron chi connectivity index (χ0n) is 13.4. The van der Waals surface area contributed by atoms with Crippen LogP contribution in [0.3, 0.4) is 0 Å². The summed E-state index contributed by atoms with van der Waals surface area (Å²) in [6, 6.07) is 7.34. The molecule has 5 heteroatoms. The first kappa shape index (κ1) is 17.9. The smallest absolute Gasteiger partial charge is 0.307 e. The molecular weight excluding hydrogens is 286 g/mol. The van der Waals surface area contributed by atoms with Crippen LogP contribution in [0.15, 0.2) is 29.2 Å². The number of carbonyl (C=O) groups excluding carboxylic acids is 1. The third-order valence-corrected chi connectivity index (χ3v) is 4.08. The highest BCUT2D eigenvalue weighted by molar-refractivity contribution is 7.83. The van der Waals surface area contributed by atoms with Gasteiger partial charge in [-0.3, -0.25) is 4.79 Å². The second-order valence-electron chi connectivity index (χ2n) is 6.10. The maximum Gasteiger partial charge on any atom is 0.307 e. The molecule has 0 heterocycles. The van der Waals surface area contributed by atoms with Gasteiger partial charge in [-0.2, -0.15) is 0 Å². The molecule has 4 nitrogen and oxygen atoms in total. The second-order valence-corrected chi connectivity index (χ2v) is 7.34. The molecule has 0 aliphatic heterocycles. The van der Waals surface area contributed by atoms with Crippen molar-refractivity contribution in [1.29, 1.82) is 0 Å². The second kappa shape index (κ2) is 7.71. The first-order valence-corrected chi connectivity index (χ1v) is 8.32. The van der Waals surface area contributed by atoms with E-state index in [0.717, 1.165) is 5.56 Å². The molecule has 0 saturated heterocycles. The van der Waals surface area contributed by atoms with Gasteiger partial charge >= 0.3 is 5.97 Å². The van der Waals surface area contributed by atoms with Crippen molar-refractivity contribution >= 4 is 17.0 Å². The van der Waals surface area contributed by atoms with Crippen LogP contribution in [0.5, 0.6) is 0 Å². The van der Waals surface area contributed by atoms with E-state index in [1.165, 1.54) is 0 Å². The summed E-state index contributed by atoms with van der Waals surface area (Å²) in [7, 11) is -1.32. The van der Waals surface area contributed by atoms with E-state index in [4.69, 9.17) is 4.74 Å². The minimum absolute atomic E-state index is 0.165. The van der Waals surface area contributed by atoms with E-state index in [0.29, 0.717) is 11.3 Å². The lowest BCUT2D eigenvalue weighted by molar-refractivity contribution is -0.155. The summed E-state index contributed by atoms with van der Waals surface area (Å²) in [5.41, 5.74) is 0.627. The maximum atomic E-state index is 12.2. The zero-order valence-corrected chi connectivity index (χ0v) is 14.3. The van der Waals surface area contributed by atoms with E-state index < -0.39 is 16.6 Å². The molecule has 0 radical (unpaired) electrons. The molecule has 21 heavy (non-hydrogen) atoms. The molecule has 0 spiro atoms. The van der Waals surface area contributed by atoms with E-state index >= 15 is 0 Å². The molecule has 0 aliphatic rings. The molecular formula is C16H25NO3S. The van der Waals surface area contributed by atoms with Gasteiger partial charge in [0.1, 0.15) is 16.6 Å². The van der Waals surface area contributed by atoms with Gasteiger partial charge in [-0.05, 0) is 46.2 Å². The first-order valence-electron chi connectivity index (χ1n) is 7.17. The highest BCUT2D eigenvalue weighted by atomic mass is 32.2. The third kappa shape index (κ3) is 6.87. The number of nitrogens with one attached hydrogen (secondary N) is 1. The summed E-state index contributed by atoms with van der Waals surface area (Å²) in [5.74, 6) is -0.275. The number of hydrogen-bond donors (Lipinski definition) is 1. The fourth-order valence-corrected chi connectivity index (χ4v) is 2.81. The van der Waals surface area contributed by atoms with Crippen molar-refractivity contribution < 1.29 is 13.7 Å². The molecule has 0 saturated carbocycles. The Bertz CT molecular complexity index is 491. The fraction of sp³-hybridized carbons (Fsp3) is 0.562. The maximum absolute atomic E-state index is 12.2. The molecule has 2 atom stereocenters. The minimum Gasteiger partial charge on any atom is -0.460 e. The van der Waals surface area contributed by atoms with Gasteiger partial charge in [0.2, 0.25) is 0 Å². The number of aryl methyl sites for hydroxylation is 1. The number of carbonyl (C=O) groups is 1. The van der Waals surface area contributed by atoms with E-state index in [1.807, 2.05) is 58.9 Å². The fourth-order valence-electron chi connectivity index (χ4n) is 1.73. The molecule has 0 bridgehead atoms. The van der Waals surface area contributed by atoms with Crippen molar-refractivity contribution in [2.75, 3.05) is 0 Å². The molecule has 1 aromatic rings. The van der Waals surface area contributed by atoms with Crippen LogP contribution in [0, 0.1) is 6.92 Å². The van der Waals surface area contributed by atoms with Crippen molar-refractivity contribution in [2.45, 2.75) is 64.0 Å². The van der Waals surface area contributed by atoms with Crippen LogP contribution in [0.25, 0.3) is 0 Å². The van der Waals surface area contributed by atoms with E-state index in [-0.39, 0.29) is 18.4 Å². The summed E-state index contributed by atoms with van der Waals surface area (Å²) in [6.45, 7) is 9.45. The monoisotopic (exact) mass is 311 g/mol. The van der Waals surface area contributed by atoms with Crippen molar-refractivity contribution in [2.24, 2.45) is 0 Å². The van der Waals surface area contributed by atoms with Crippen LogP contribution >= 0.6 is 0 Å². The third-order valence-electron chi connectivity index (χ3n) is 2.83. The Morgan fingerprint density at radius 1 is 1.29 bits per heavy atom. The number of benzene rings is 1. The predicted octanol–water partition coefficient (Wildman–Crippen LogP) is 3.12. The van der Waals surface area contributed by atoms with Gasteiger partial charge in [-0.15, -0.1) is 0 Å². The van der Waals surface area contributed by atoms with Gasteiger partial charge in [0.25, 0.3) is 0 Å². The van der Waals surface area contributed by atoms with Crippen molar-refractivity contribution in [3.8, 4) is 0 Å². The van der Waals surface area contributed by atoms with E-state index in [9.17, 15) is 9.00 Å². The Morgan fingerprint density at radius 2 is 1.86 bits per heavy atom. The normalized spacial score (nSPS) is 14.5. The van der Waals surface area contributed by atoms with Gasteiger partial charge < -0.3 is 4.74 Å². The summed E-state index contributed by atoms with van der Waals surface area (Å²) >= 11 is 0. The zero-order chi connectivity index (χ0) is 16.0. The summed E-state index contributed by atoms with van der Waals surface area (Å²) < 4.78 is 20.5. The largest absolute Gasteiger partial charge is 0.460 e. The van der Waals surface area contributed by atoms with Crippen LogP contribution in [-0.4, -0.2) is 21.8 Å². The average molecular weight is 311 g/mol. The van der Waals surface area contributed by atoms with Crippen LogP contribution in [-0.2, 0) is 20.5 Å². The van der Waals surface area contributed by atoms with Gasteiger partial charge in [0, 0.05) is 6.04 Å². The molecule has 0 aliphatic carbocycles. The van der Waals surface area contributed by atoms with Crippen LogP contribution in [0.2, 0.25) is 0 Å². The first-order chi connectivity index (χ1) is 9.71. The molecule has 0 amide bonds. The molecule has 0 fully saturated rings. The quantitative estimate of drug-likeness (QED) is 0.821. The minimum atomic E-state index is -1.32. The van der Waals surface area contributed by atoms with Crippen LogP contribution in [0.1, 0.15) is 46.1 Å². The standard InChI is InChI=1S/C16H25NO3S/c1-6-13(11-15(18)20-16(3,4)5)17-21(19)14-9-7-12(2)8-10-14/h7-10,13,17H,6,11H2,1-5H3/t13-,21?/m0/s1. The lowest BCUT2D eigenvalue weighted by Crippen LogP contribution is -2.35. The van der Waals surface area contributed by atoms with Crippen LogP contribution in [0.4, 0.5) is 0 Å². The van der Waals surface area contributed by atoms with Gasteiger partial charge in [-0.25, -0.2) is 8.93 Å². The molecule has 1 unspecified atom stereocenters. The molecule has 1 aromatic carbocycles. The summed E-state index contributed by atoms with van der Waals surface area (Å²) in [4.78, 5) is 12.5. The Kier molecular flexibility index (Phi) is 6.55. The lowest BCUT2D eigenvalue weighted by atomic mass is 10.1. The lowest BCUT2D eigenvalue weighted by Gasteiger charge is -2.22. The molecule has 1 rings (SSSR count). The van der Waals surface area contributed by atoms with Gasteiger partial charge in [0.05, 0.1) is 11.3 Å². The van der Waals surface area contributed by atoms with Gasteiger partial charge in [0.15, 0.2) is 0 Å². The molecule has 118 valence electrons. The Hall–Kier alpha value is -1.20. The van der Waals surface area contributed by atoms with E-state index in [1.54, 1.807) is 0 Å². The van der Waals surface area contributed by atoms with Crippen LogP contribution < -0.4 is 4.72 Å². The van der Waals surface area contributed by atoms with Crippen molar-refractivity contribution in [3.05, 3.63) is 29.8 Å². The number of rotatable bonds is 6.